The normalized spacial score (nSPS) is 12.2. The zero-order chi connectivity index (χ0) is 25.0. The Morgan fingerprint density at radius 1 is 0.971 bits per heavy atom. The Morgan fingerprint density at radius 2 is 1.59 bits per heavy atom. The summed E-state index contributed by atoms with van der Waals surface area (Å²) in [5, 5.41) is 13.9. The number of carbonyl (C=O) groups excluding carboxylic acids is 1. The highest BCUT2D eigenvalue weighted by atomic mass is 32.2. The van der Waals surface area contributed by atoms with E-state index in [1.54, 1.807) is 56.3 Å². The number of rotatable bonds is 8. The first-order valence-electron chi connectivity index (χ1n) is 10.7. The number of amides is 1. The van der Waals surface area contributed by atoms with Gasteiger partial charge in [-0.05, 0) is 56.9 Å². The first-order chi connectivity index (χ1) is 16.0. The molecule has 0 aliphatic carbocycles. The van der Waals surface area contributed by atoms with Crippen molar-refractivity contribution < 1.29 is 18.1 Å². The molecule has 0 spiro atoms. The zero-order valence-corrected chi connectivity index (χ0v) is 20.3. The van der Waals surface area contributed by atoms with Crippen LogP contribution in [0.15, 0.2) is 65.6 Å². The fraction of sp³-hybridized carbons (Fsp3) is 0.240. The van der Waals surface area contributed by atoms with Gasteiger partial charge in [0.25, 0.3) is 5.69 Å². The maximum absolute atomic E-state index is 13.4. The van der Waals surface area contributed by atoms with Crippen LogP contribution in [-0.2, 0) is 21.2 Å². The van der Waals surface area contributed by atoms with Gasteiger partial charge in [-0.3, -0.25) is 14.9 Å². The molecule has 0 heterocycles. The summed E-state index contributed by atoms with van der Waals surface area (Å²) >= 11 is 0. The molecule has 2 N–H and O–H groups in total. The third-order valence-electron chi connectivity index (χ3n) is 5.53. The summed E-state index contributed by atoms with van der Waals surface area (Å²) in [6, 6.07) is 15.8. The van der Waals surface area contributed by atoms with Gasteiger partial charge in [0.05, 0.1) is 21.1 Å². The predicted octanol–water partition coefficient (Wildman–Crippen LogP) is 4.36. The fourth-order valence-electron chi connectivity index (χ4n) is 4.05. The Kier molecular flexibility index (Phi) is 7.48. The van der Waals surface area contributed by atoms with E-state index in [-0.39, 0.29) is 28.3 Å². The number of nitro groups is 1. The quantitative estimate of drug-likeness (QED) is 0.366. The minimum Gasteiger partial charge on any atom is -0.324 e. The van der Waals surface area contributed by atoms with Gasteiger partial charge in [-0.2, -0.15) is 4.72 Å². The second-order valence-corrected chi connectivity index (χ2v) is 9.94. The van der Waals surface area contributed by atoms with Crippen LogP contribution in [0.25, 0.3) is 0 Å². The minimum atomic E-state index is -4.05. The molecule has 8 nitrogen and oxygen atoms in total. The lowest BCUT2D eigenvalue weighted by Crippen LogP contribution is -2.45. The molecule has 0 aliphatic heterocycles. The van der Waals surface area contributed by atoms with Crippen molar-refractivity contribution in [1.29, 1.82) is 0 Å². The molecule has 9 heteroatoms. The number of hydrogen-bond donors (Lipinski definition) is 2. The molecule has 178 valence electrons. The van der Waals surface area contributed by atoms with E-state index in [1.165, 1.54) is 19.1 Å². The second-order valence-electron chi connectivity index (χ2n) is 8.29. The monoisotopic (exact) mass is 481 g/mol. The number of hydrogen-bond acceptors (Lipinski definition) is 5. The molecule has 0 aliphatic rings. The number of benzene rings is 3. The summed E-state index contributed by atoms with van der Waals surface area (Å²) in [5.41, 5.74) is 3.26. The Bertz CT molecular complexity index is 1310. The van der Waals surface area contributed by atoms with E-state index < -0.39 is 26.9 Å². The van der Waals surface area contributed by atoms with Crippen molar-refractivity contribution in [3.05, 3.63) is 98.6 Å². The largest absolute Gasteiger partial charge is 0.324 e. The Hall–Kier alpha value is -3.56. The summed E-state index contributed by atoms with van der Waals surface area (Å²) < 4.78 is 29.3. The third-order valence-corrected chi connectivity index (χ3v) is 7.31. The van der Waals surface area contributed by atoms with Crippen LogP contribution in [0.2, 0.25) is 0 Å². The van der Waals surface area contributed by atoms with Crippen LogP contribution in [0.1, 0.15) is 27.8 Å². The van der Waals surface area contributed by atoms with Gasteiger partial charge in [0, 0.05) is 6.07 Å². The first kappa shape index (κ1) is 25.1. The van der Waals surface area contributed by atoms with Gasteiger partial charge in [-0.1, -0.05) is 54.1 Å². The van der Waals surface area contributed by atoms with Crippen LogP contribution in [0.5, 0.6) is 0 Å². The summed E-state index contributed by atoms with van der Waals surface area (Å²) in [7, 11) is -4.05. The standard InChI is InChI=1S/C25H27N3O5S/c1-16-13-17(2)24(18(3)14-16)34(32,33)27-22(15-20-9-6-5-7-10-20)25(29)26-21-11-8-12-23(19(21)4)28(30)31/h5-14,22,27H,15H2,1-4H3,(H,26,29)/t22-/m0/s1. The molecule has 3 aromatic carbocycles. The van der Waals surface area contributed by atoms with Gasteiger partial charge in [0.2, 0.25) is 15.9 Å². The van der Waals surface area contributed by atoms with E-state index in [1.807, 2.05) is 13.0 Å². The Morgan fingerprint density at radius 3 is 2.18 bits per heavy atom. The molecule has 0 bridgehead atoms. The molecular weight excluding hydrogens is 454 g/mol. The number of nitrogens with zero attached hydrogens (tertiary/aromatic N) is 1. The molecular formula is C25H27N3O5S. The molecule has 0 saturated heterocycles. The lowest BCUT2D eigenvalue weighted by Gasteiger charge is -2.21. The molecule has 0 aromatic heterocycles. The van der Waals surface area contributed by atoms with E-state index in [0.29, 0.717) is 11.1 Å². The minimum absolute atomic E-state index is 0.101. The molecule has 3 aromatic rings. The second kappa shape index (κ2) is 10.1. The van der Waals surface area contributed by atoms with Gasteiger partial charge < -0.3 is 5.32 Å². The number of anilines is 1. The first-order valence-corrected chi connectivity index (χ1v) is 12.2. The average Bonchev–Trinajstić information content (AvgIpc) is 2.74. The predicted molar refractivity (Wildman–Crippen MR) is 131 cm³/mol. The van der Waals surface area contributed by atoms with Crippen molar-refractivity contribution in [3.8, 4) is 0 Å². The van der Waals surface area contributed by atoms with Crippen LogP contribution >= 0.6 is 0 Å². The zero-order valence-electron chi connectivity index (χ0n) is 19.5. The van der Waals surface area contributed by atoms with Gasteiger partial charge in [0.15, 0.2) is 0 Å². The summed E-state index contributed by atoms with van der Waals surface area (Å²) in [5.74, 6) is -0.613. The van der Waals surface area contributed by atoms with Crippen molar-refractivity contribution in [2.24, 2.45) is 0 Å². The molecule has 3 rings (SSSR count). The molecule has 0 unspecified atom stereocenters. The van der Waals surface area contributed by atoms with Crippen LogP contribution in [0, 0.1) is 37.8 Å². The van der Waals surface area contributed by atoms with E-state index in [2.05, 4.69) is 10.0 Å². The lowest BCUT2D eigenvalue weighted by atomic mass is 10.1. The smallest absolute Gasteiger partial charge is 0.274 e. The van der Waals surface area contributed by atoms with Crippen LogP contribution in [-0.4, -0.2) is 25.3 Å². The van der Waals surface area contributed by atoms with Crippen LogP contribution in [0.4, 0.5) is 11.4 Å². The molecule has 34 heavy (non-hydrogen) atoms. The Balaban J connectivity index is 1.97. The van der Waals surface area contributed by atoms with Gasteiger partial charge in [-0.25, -0.2) is 8.42 Å². The fourth-order valence-corrected chi connectivity index (χ4v) is 5.70. The van der Waals surface area contributed by atoms with Crippen molar-refractivity contribution in [1.82, 2.24) is 4.72 Å². The summed E-state index contributed by atoms with van der Waals surface area (Å²) in [6.45, 7) is 6.85. The van der Waals surface area contributed by atoms with Crippen molar-refractivity contribution in [2.45, 2.75) is 45.1 Å². The van der Waals surface area contributed by atoms with Crippen molar-refractivity contribution in [3.63, 3.8) is 0 Å². The van der Waals surface area contributed by atoms with E-state index in [0.717, 1.165) is 11.1 Å². The molecule has 0 radical (unpaired) electrons. The van der Waals surface area contributed by atoms with Crippen molar-refractivity contribution in [2.75, 3.05) is 5.32 Å². The van der Waals surface area contributed by atoms with E-state index >= 15 is 0 Å². The number of sulfonamides is 1. The number of nitro benzene ring substituents is 1. The van der Waals surface area contributed by atoms with Crippen LogP contribution in [0.3, 0.4) is 0 Å². The van der Waals surface area contributed by atoms with Crippen LogP contribution < -0.4 is 10.0 Å². The highest BCUT2D eigenvalue weighted by molar-refractivity contribution is 7.89. The van der Waals surface area contributed by atoms with E-state index in [4.69, 9.17) is 0 Å². The maximum atomic E-state index is 13.4. The molecule has 0 fully saturated rings. The summed E-state index contributed by atoms with van der Waals surface area (Å²) in [6.07, 6.45) is 0.101. The Labute approximate surface area is 199 Å². The molecule has 0 saturated carbocycles. The van der Waals surface area contributed by atoms with E-state index in [9.17, 15) is 23.3 Å². The maximum Gasteiger partial charge on any atom is 0.274 e. The van der Waals surface area contributed by atoms with Crippen molar-refractivity contribution >= 4 is 27.3 Å². The topological polar surface area (TPSA) is 118 Å². The van der Waals surface area contributed by atoms with Gasteiger partial charge in [-0.15, -0.1) is 0 Å². The highest BCUT2D eigenvalue weighted by Crippen LogP contribution is 2.26. The van der Waals surface area contributed by atoms with Gasteiger partial charge in [0.1, 0.15) is 6.04 Å². The SMILES string of the molecule is Cc1cc(C)c(S(=O)(=O)N[C@@H](Cc2ccccc2)C(=O)Nc2cccc([N+](=O)[O-])c2C)c(C)c1. The highest BCUT2D eigenvalue weighted by Gasteiger charge is 2.29. The number of nitrogens with one attached hydrogen (secondary N) is 2. The summed E-state index contributed by atoms with van der Waals surface area (Å²) in [4.78, 5) is 24.1. The average molecular weight is 482 g/mol. The lowest BCUT2D eigenvalue weighted by molar-refractivity contribution is -0.385. The number of carbonyl (C=O) groups is 1. The van der Waals surface area contributed by atoms with Gasteiger partial charge >= 0.3 is 0 Å². The number of aryl methyl sites for hydroxylation is 3. The molecule has 1 amide bonds. The molecule has 1 atom stereocenters. The third kappa shape index (κ3) is 5.67.